The van der Waals surface area contributed by atoms with E-state index >= 15 is 0 Å². The normalized spacial score (nSPS) is 15.6. The molecule has 11 nitrogen and oxygen atoms in total. The number of hydrogen-bond acceptors (Lipinski definition) is 7. The van der Waals surface area contributed by atoms with Gasteiger partial charge in [-0.1, -0.05) is 32.3 Å². The Balaban J connectivity index is 1.51. The molecule has 12 heteroatoms. The summed E-state index contributed by atoms with van der Waals surface area (Å²) in [4.78, 5) is 73.2. The Hall–Kier alpha value is -4.84. The Kier molecular flexibility index (Phi) is 7.43. The molecule has 0 spiro atoms. The number of imide groups is 4. The third-order valence-corrected chi connectivity index (χ3v) is 7.63. The molecule has 2 aliphatic rings. The van der Waals surface area contributed by atoms with Crippen molar-refractivity contribution in [2.45, 2.75) is 39.2 Å². The molecule has 0 saturated carbocycles. The molecule has 0 aliphatic carbocycles. The highest BCUT2D eigenvalue weighted by molar-refractivity contribution is 7.16. The van der Waals surface area contributed by atoms with Gasteiger partial charge >= 0.3 is 12.1 Å². The van der Waals surface area contributed by atoms with Gasteiger partial charge in [0.25, 0.3) is 23.6 Å². The molecule has 3 aromatic rings. The number of carbonyl (C=O) groups is 6. The zero-order valence-corrected chi connectivity index (χ0v) is 22.3. The average molecular weight is 560 g/mol. The van der Waals surface area contributed by atoms with Crippen molar-refractivity contribution in [3.8, 4) is 10.4 Å². The van der Waals surface area contributed by atoms with Crippen molar-refractivity contribution in [2.24, 2.45) is 0 Å². The maximum Gasteiger partial charge on any atom is 0.328 e. The van der Waals surface area contributed by atoms with Gasteiger partial charge in [-0.05, 0) is 48.4 Å². The second-order valence-electron chi connectivity index (χ2n) is 9.36. The monoisotopic (exact) mass is 559 g/mol. The van der Waals surface area contributed by atoms with E-state index in [4.69, 9.17) is 0 Å². The van der Waals surface area contributed by atoms with Crippen LogP contribution in [-0.4, -0.2) is 40.3 Å². The zero-order chi connectivity index (χ0) is 28.4. The zero-order valence-electron chi connectivity index (χ0n) is 21.5. The number of nitrogens with one attached hydrogen (secondary N) is 4. The van der Waals surface area contributed by atoms with Crippen molar-refractivity contribution in [1.82, 2.24) is 25.8 Å². The lowest BCUT2D eigenvalue weighted by molar-refractivity contribution is -0.125. The quantitative estimate of drug-likeness (QED) is 0.188. The van der Waals surface area contributed by atoms with Gasteiger partial charge in [0.2, 0.25) is 0 Å². The summed E-state index contributed by atoms with van der Waals surface area (Å²) in [7, 11) is 0. The Labute approximate surface area is 232 Å². The smallest absolute Gasteiger partial charge is 0.328 e. The molecular formula is C28H25N5O6S. The summed E-state index contributed by atoms with van der Waals surface area (Å²) in [6.07, 6.45) is 9.10. The summed E-state index contributed by atoms with van der Waals surface area (Å²) in [6, 6.07) is 7.80. The number of unbranched alkanes of at least 4 members (excludes halogenated alkanes) is 3. The molecular weight excluding hydrogens is 534 g/mol. The molecule has 40 heavy (non-hydrogen) atoms. The number of amides is 8. The van der Waals surface area contributed by atoms with E-state index < -0.39 is 35.7 Å². The molecule has 4 N–H and O–H groups in total. The lowest BCUT2D eigenvalue weighted by Gasteiger charge is -2.13. The van der Waals surface area contributed by atoms with Crippen LogP contribution in [-0.2, 0) is 25.7 Å². The first-order chi connectivity index (χ1) is 19.2. The standard InChI is InChI=1S/C28H25N5O6S/c1-2-3-4-5-10-33-14-16(12-19-23(34)29-27(38)30-24(19)35)18-11-15(6-8-21(18)33)22-9-7-17(40-22)13-20-25(36)31-28(39)32-26(20)37/h6-9,11-14H,2-5,10H2,1H3,(H2,29,30,34,35,38)(H2,31,32,36,37,39). The maximum absolute atomic E-state index is 12.4. The molecule has 2 saturated heterocycles. The van der Waals surface area contributed by atoms with Crippen LogP contribution in [0.5, 0.6) is 0 Å². The van der Waals surface area contributed by atoms with Crippen molar-refractivity contribution < 1.29 is 28.8 Å². The maximum atomic E-state index is 12.4. The highest BCUT2D eigenvalue weighted by atomic mass is 32.1. The molecule has 2 fully saturated rings. The summed E-state index contributed by atoms with van der Waals surface area (Å²) in [5.41, 5.74) is 2.11. The minimum absolute atomic E-state index is 0.164. The van der Waals surface area contributed by atoms with E-state index in [1.54, 1.807) is 6.07 Å². The molecule has 2 aromatic heterocycles. The molecule has 5 rings (SSSR count). The van der Waals surface area contributed by atoms with Gasteiger partial charge < -0.3 is 4.57 Å². The number of carbonyl (C=O) groups excluding carboxylic acids is 6. The average Bonchev–Trinajstić information content (AvgIpc) is 3.50. The molecule has 204 valence electrons. The number of aryl methyl sites for hydroxylation is 1. The summed E-state index contributed by atoms with van der Waals surface area (Å²) in [5, 5.41) is 9.13. The van der Waals surface area contributed by atoms with Gasteiger partial charge in [-0.2, -0.15) is 0 Å². The van der Waals surface area contributed by atoms with E-state index in [0.29, 0.717) is 10.4 Å². The molecule has 8 amide bonds. The van der Waals surface area contributed by atoms with Crippen LogP contribution in [0.25, 0.3) is 33.5 Å². The largest absolute Gasteiger partial charge is 0.347 e. The van der Waals surface area contributed by atoms with Crippen LogP contribution in [0.2, 0.25) is 0 Å². The van der Waals surface area contributed by atoms with Crippen LogP contribution < -0.4 is 21.3 Å². The minimum atomic E-state index is -0.856. The Morgan fingerprint density at radius 2 is 1.38 bits per heavy atom. The van der Waals surface area contributed by atoms with Crippen LogP contribution in [0.4, 0.5) is 9.59 Å². The van der Waals surface area contributed by atoms with Gasteiger partial charge in [-0.15, -0.1) is 11.3 Å². The number of barbiturate groups is 2. The number of urea groups is 2. The third kappa shape index (κ3) is 5.47. The summed E-state index contributed by atoms with van der Waals surface area (Å²) in [5.74, 6) is -3.05. The van der Waals surface area contributed by atoms with Crippen LogP contribution in [0.3, 0.4) is 0 Å². The van der Waals surface area contributed by atoms with Crippen molar-refractivity contribution in [2.75, 3.05) is 0 Å². The third-order valence-electron chi connectivity index (χ3n) is 6.55. The van der Waals surface area contributed by atoms with E-state index in [9.17, 15) is 28.8 Å². The first-order valence-corrected chi connectivity index (χ1v) is 13.5. The topological polar surface area (TPSA) is 155 Å². The van der Waals surface area contributed by atoms with E-state index in [2.05, 4.69) is 32.8 Å². The predicted octanol–water partition coefficient (Wildman–Crippen LogP) is 3.45. The number of thiophene rings is 1. The molecule has 0 bridgehead atoms. The van der Waals surface area contributed by atoms with E-state index in [1.165, 1.54) is 23.5 Å². The number of benzene rings is 1. The van der Waals surface area contributed by atoms with Crippen LogP contribution >= 0.6 is 11.3 Å². The molecule has 0 atom stereocenters. The number of hydrogen-bond donors (Lipinski definition) is 4. The lowest BCUT2D eigenvalue weighted by Crippen LogP contribution is -2.51. The van der Waals surface area contributed by atoms with Crippen LogP contribution in [0.15, 0.2) is 47.7 Å². The van der Waals surface area contributed by atoms with Gasteiger partial charge in [0.05, 0.1) is 0 Å². The number of aromatic nitrogens is 1. The lowest BCUT2D eigenvalue weighted by atomic mass is 10.0. The van der Waals surface area contributed by atoms with E-state index in [0.717, 1.165) is 53.6 Å². The molecule has 2 aliphatic heterocycles. The second-order valence-corrected chi connectivity index (χ2v) is 10.5. The van der Waals surface area contributed by atoms with Gasteiger partial charge in [-0.3, -0.25) is 40.4 Å². The fraction of sp³-hybridized carbons (Fsp3) is 0.214. The number of nitrogens with zero attached hydrogens (tertiary/aromatic N) is 1. The predicted molar refractivity (Wildman–Crippen MR) is 149 cm³/mol. The number of fused-ring (bicyclic) bond motifs is 1. The van der Waals surface area contributed by atoms with Crippen molar-refractivity contribution in [3.63, 3.8) is 0 Å². The fourth-order valence-electron chi connectivity index (χ4n) is 4.58. The van der Waals surface area contributed by atoms with Crippen molar-refractivity contribution in [1.29, 1.82) is 0 Å². The molecule has 0 radical (unpaired) electrons. The highest BCUT2D eigenvalue weighted by Crippen LogP contribution is 2.34. The van der Waals surface area contributed by atoms with Crippen molar-refractivity contribution in [3.05, 3.63) is 58.1 Å². The molecule has 4 heterocycles. The number of rotatable bonds is 8. The Morgan fingerprint density at radius 1 is 0.750 bits per heavy atom. The SMILES string of the molecule is CCCCCCn1cc(C=C2C(=O)NC(=O)NC2=O)c2cc(-c3ccc(C=C4C(=O)NC(=O)NC4=O)s3)ccc21. The van der Waals surface area contributed by atoms with E-state index in [1.807, 2.05) is 30.5 Å². The Morgan fingerprint density at radius 3 is 2.00 bits per heavy atom. The Bertz CT molecular complexity index is 1620. The van der Waals surface area contributed by atoms with Crippen molar-refractivity contribution >= 4 is 70.1 Å². The molecule has 0 unspecified atom stereocenters. The summed E-state index contributed by atoms with van der Waals surface area (Å²) >= 11 is 1.35. The minimum Gasteiger partial charge on any atom is -0.347 e. The van der Waals surface area contributed by atoms with Gasteiger partial charge in [0.15, 0.2) is 0 Å². The molecule has 1 aromatic carbocycles. The van der Waals surface area contributed by atoms with Gasteiger partial charge in [0.1, 0.15) is 11.1 Å². The van der Waals surface area contributed by atoms with Crippen LogP contribution in [0.1, 0.15) is 43.0 Å². The van der Waals surface area contributed by atoms with Gasteiger partial charge in [0, 0.05) is 39.0 Å². The first kappa shape index (κ1) is 26.8. The fourth-order valence-corrected chi connectivity index (χ4v) is 5.53. The summed E-state index contributed by atoms with van der Waals surface area (Å²) in [6.45, 7) is 2.91. The van der Waals surface area contributed by atoms with E-state index in [-0.39, 0.29) is 11.1 Å². The van der Waals surface area contributed by atoms with Crippen LogP contribution in [0, 0.1) is 0 Å². The summed E-state index contributed by atoms with van der Waals surface area (Å²) < 4.78 is 2.09. The second kappa shape index (κ2) is 11.1. The highest BCUT2D eigenvalue weighted by Gasteiger charge is 2.29. The first-order valence-electron chi connectivity index (χ1n) is 12.7. The van der Waals surface area contributed by atoms with Gasteiger partial charge in [-0.25, -0.2) is 9.59 Å².